The Hall–Kier alpha value is -2.07. The van der Waals surface area contributed by atoms with E-state index in [0.29, 0.717) is 5.92 Å². The minimum atomic E-state index is 0.0845. The van der Waals surface area contributed by atoms with Crippen LogP contribution in [0.25, 0.3) is 0 Å². The average Bonchev–Trinajstić information content (AvgIpc) is 2.58. The Morgan fingerprint density at radius 3 is 2.65 bits per heavy atom. The van der Waals surface area contributed by atoms with Crippen LogP contribution in [0.4, 0.5) is 0 Å². The Labute approximate surface area is 137 Å². The van der Waals surface area contributed by atoms with Crippen molar-refractivity contribution in [3.63, 3.8) is 0 Å². The molecule has 1 aromatic carbocycles. The summed E-state index contributed by atoms with van der Waals surface area (Å²) in [7, 11) is 3.50. The van der Waals surface area contributed by atoms with Crippen LogP contribution < -0.4 is 10.3 Å². The third kappa shape index (κ3) is 3.82. The number of methoxy groups -OCH3 is 1. The molecule has 4 nitrogen and oxygen atoms in total. The summed E-state index contributed by atoms with van der Waals surface area (Å²) in [6.45, 7) is 3.09. The maximum absolute atomic E-state index is 11.8. The summed E-state index contributed by atoms with van der Waals surface area (Å²) in [5.41, 5.74) is 2.56. The quantitative estimate of drug-likeness (QED) is 0.870. The maximum atomic E-state index is 11.8. The lowest BCUT2D eigenvalue weighted by atomic mass is 9.90. The van der Waals surface area contributed by atoms with Crippen LogP contribution in [-0.2, 0) is 13.6 Å². The molecule has 1 aliphatic rings. The van der Waals surface area contributed by atoms with Crippen LogP contribution in [0.15, 0.2) is 47.4 Å². The molecule has 0 amide bonds. The molecule has 122 valence electrons. The third-order valence-corrected chi connectivity index (χ3v) is 4.73. The van der Waals surface area contributed by atoms with Gasteiger partial charge in [-0.05, 0) is 61.2 Å². The summed E-state index contributed by atoms with van der Waals surface area (Å²) < 4.78 is 6.92. The highest BCUT2D eigenvalue weighted by Crippen LogP contribution is 2.28. The van der Waals surface area contributed by atoms with Gasteiger partial charge in [0.1, 0.15) is 5.75 Å². The average molecular weight is 312 g/mol. The van der Waals surface area contributed by atoms with Crippen molar-refractivity contribution in [3.05, 3.63) is 64.1 Å². The fourth-order valence-corrected chi connectivity index (χ4v) is 3.27. The maximum Gasteiger partial charge on any atom is 0.250 e. The van der Waals surface area contributed by atoms with Crippen LogP contribution in [0, 0.1) is 0 Å². The highest BCUT2D eigenvalue weighted by Gasteiger charge is 2.21. The first-order valence-electron chi connectivity index (χ1n) is 8.17. The van der Waals surface area contributed by atoms with Gasteiger partial charge in [-0.3, -0.25) is 9.69 Å². The molecule has 0 atom stereocenters. The third-order valence-electron chi connectivity index (χ3n) is 4.73. The fourth-order valence-electron chi connectivity index (χ4n) is 3.27. The second-order valence-corrected chi connectivity index (χ2v) is 6.31. The molecule has 0 N–H and O–H groups in total. The lowest BCUT2D eigenvalue weighted by molar-refractivity contribution is 0.204. The molecule has 4 heteroatoms. The smallest absolute Gasteiger partial charge is 0.250 e. The molecule has 1 aromatic heterocycles. The highest BCUT2D eigenvalue weighted by atomic mass is 16.5. The van der Waals surface area contributed by atoms with E-state index in [1.807, 2.05) is 18.3 Å². The molecule has 0 spiro atoms. The van der Waals surface area contributed by atoms with E-state index in [9.17, 15) is 4.79 Å². The number of aromatic nitrogens is 1. The van der Waals surface area contributed by atoms with Crippen molar-refractivity contribution in [2.75, 3.05) is 20.2 Å². The van der Waals surface area contributed by atoms with E-state index in [1.165, 1.54) is 11.1 Å². The van der Waals surface area contributed by atoms with Crippen molar-refractivity contribution >= 4 is 0 Å². The number of hydrogen-bond donors (Lipinski definition) is 0. The number of likely N-dealkylation sites (tertiary alicyclic amines) is 1. The number of pyridine rings is 1. The molecule has 0 saturated carbocycles. The van der Waals surface area contributed by atoms with Crippen LogP contribution in [0.3, 0.4) is 0 Å². The Morgan fingerprint density at radius 1 is 1.17 bits per heavy atom. The number of ether oxygens (including phenoxy) is 1. The largest absolute Gasteiger partial charge is 0.497 e. The number of aryl methyl sites for hydroxylation is 1. The molecule has 0 aliphatic carbocycles. The minimum Gasteiger partial charge on any atom is -0.497 e. The van der Waals surface area contributed by atoms with Crippen LogP contribution in [0.1, 0.15) is 29.9 Å². The monoisotopic (exact) mass is 312 g/mol. The zero-order valence-corrected chi connectivity index (χ0v) is 13.9. The summed E-state index contributed by atoms with van der Waals surface area (Å²) in [4.78, 5) is 14.3. The van der Waals surface area contributed by atoms with Gasteiger partial charge in [0.25, 0.3) is 5.56 Å². The van der Waals surface area contributed by atoms with E-state index in [0.717, 1.165) is 38.2 Å². The molecule has 2 aromatic rings. The predicted octanol–water partition coefficient (Wildman–Crippen LogP) is 2.77. The van der Waals surface area contributed by atoms with Gasteiger partial charge in [0.2, 0.25) is 0 Å². The summed E-state index contributed by atoms with van der Waals surface area (Å²) in [5, 5.41) is 0. The normalized spacial score (nSPS) is 16.4. The van der Waals surface area contributed by atoms with Crippen LogP contribution >= 0.6 is 0 Å². The van der Waals surface area contributed by atoms with Crippen molar-refractivity contribution in [1.82, 2.24) is 9.47 Å². The first kappa shape index (κ1) is 15.8. The van der Waals surface area contributed by atoms with Gasteiger partial charge in [-0.25, -0.2) is 0 Å². The second-order valence-electron chi connectivity index (χ2n) is 6.31. The summed E-state index contributed by atoms with van der Waals surface area (Å²) in [5.74, 6) is 1.42. The predicted molar refractivity (Wildman–Crippen MR) is 91.9 cm³/mol. The first-order valence-corrected chi connectivity index (χ1v) is 8.17. The molecule has 0 unspecified atom stereocenters. The van der Waals surface area contributed by atoms with Gasteiger partial charge in [-0.1, -0.05) is 12.1 Å². The summed E-state index contributed by atoms with van der Waals surface area (Å²) >= 11 is 0. The fraction of sp³-hybridized carbons (Fsp3) is 0.421. The van der Waals surface area contributed by atoms with E-state index in [-0.39, 0.29) is 5.56 Å². The van der Waals surface area contributed by atoms with Gasteiger partial charge in [-0.2, -0.15) is 0 Å². The number of hydrogen-bond acceptors (Lipinski definition) is 3. The standard InChI is InChI=1S/C19H24N2O2/c1-20-9-6-17(13-19(20)22)16-7-10-21(11-8-16)14-15-4-3-5-18(12-15)23-2/h3-6,9,12-13,16H,7-8,10-11,14H2,1-2H3. The molecule has 0 bridgehead atoms. The van der Waals surface area contributed by atoms with E-state index in [2.05, 4.69) is 23.1 Å². The topological polar surface area (TPSA) is 34.5 Å². The summed E-state index contributed by atoms with van der Waals surface area (Å²) in [6, 6.07) is 12.2. The molecule has 1 fully saturated rings. The SMILES string of the molecule is COc1cccc(CN2CCC(c3ccn(C)c(=O)c3)CC2)c1. The number of benzene rings is 1. The molecule has 3 rings (SSSR count). The molecule has 1 aliphatic heterocycles. The number of rotatable bonds is 4. The van der Waals surface area contributed by atoms with Crippen molar-refractivity contribution in [2.45, 2.75) is 25.3 Å². The van der Waals surface area contributed by atoms with Crippen molar-refractivity contribution in [2.24, 2.45) is 7.05 Å². The Bertz CT molecular complexity index is 715. The zero-order valence-electron chi connectivity index (χ0n) is 13.9. The Kier molecular flexibility index (Phi) is 4.82. The van der Waals surface area contributed by atoms with E-state index >= 15 is 0 Å². The lowest BCUT2D eigenvalue weighted by Gasteiger charge is -2.32. The van der Waals surface area contributed by atoms with Crippen LogP contribution in [-0.4, -0.2) is 29.7 Å². The van der Waals surface area contributed by atoms with Gasteiger partial charge < -0.3 is 9.30 Å². The van der Waals surface area contributed by atoms with Crippen molar-refractivity contribution in [1.29, 1.82) is 0 Å². The molecule has 0 radical (unpaired) electrons. The van der Waals surface area contributed by atoms with Gasteiger partial charge in [0, 0.05) is 25.9 Å². The molecule has 1 saturated heterocycles. The Morgan fingerprint density at radius 2 is 1.96 bits per heavy atom. The van der Waals surface area contributed by atoms with Gasteiger partial charge >= 0.3 is 0 Å². The van der Waals surface area contributed by atoms with Gasteiger partial charge in [0.05, 0.1) is 7.11 Å². The van der Waals surface area contributed by atoms with Crippen LogP contribution in [0.5, 0.6) is 5.75 Å². The zero-order chi connectivity index (χ0) is 16.2. The number of nitrogens with zero attached hydrogens (tertiary/aromatic N) is 2. The molecule has 23 heavy (non-hydrogen) atoms. The van der Waals surface area contributed by atoms with Gasteiger partial charge in [-0.15, -0.1) is 0 Å². The minimum absolute atomic E-state index is 0.0845. The molecule has 2 heterocycles. The Balaban J connectivity index is 1.59. The lowest BCUT2D eigenvalue weighted by Crippen LogP contribution is -2.32. The van der Waals surface area contributed by atoms with Gasteiger partial charge in [0.15, 0.2) is 0 Å². The second kappa shape index (κ2) is 7.01. The van der Waals surface area contributed by atoms with E-state index in [1.54, 1.807) is 24.8 Å². The van der Waals surface area contributed by atoms with E-state index in [4.69, 9.17) is 4.74 Å². The first-order chi connectivity index (χ1) is 11.2. The van der Waals surface area contributed by atoms with Crippen molar-refractivity contribution < 1.29 is 4.74 Å². The summed E-state index contributed by atoms with van der Waals surface area (Å²) in [6.07, 6.45) is 4.09. The highest BCUT2D eigenvalue weighted by molar-refractivity contribution is 5.28. The number of piperidine rings is 1. The van der Waals surface area contributed by atoms with Crippen molar-refractivity contribution in [3.8, 4) is 5.75 Å². The molecular weight excluding hydrogens is 288 g/mol. The van der Waals surface area contributed by atoms with E-state index < -0.39 is 0 Å². The molecular formula is C19H24N2O2. The van der Waals surface area contributed by atoms with Crippen LogP contribution in [0.2, 0.25) is 0 Å².